The van der Waals surface area contributed by atoms with Gasteiger partial charge in [-0.05, 0) is 61.7 Å². The average Bonchev–Trinajstić information content (AvgIpc) is 2.94. The molecule has 5 heteroatoms. The third-order valence-electron chi connectivity index (χ3n) is 4.78. The minimum absolute atomic E-state index is 0.133. The van der Waals surface area contributed by atoms with Gasteiger partial charge in [0.15, 0.2) is 0 Å². The highest BCUT2D eigenvalue weighted by Crippen LogP contribution is 2.29. The Morgan fingerprint density at radius 2 is 2.00 bits per heavy atom. The van der Waals surface area contributed by atoms with Crippen molar-refractivity contribution in [3.63, 3.8) is 0 Å². The molecule has 0 fully saturated rings. The van der Waals surface area contributed by atoms with Gasteiger partial charge in [-0.1, -0.05) is 23.2 Å². The van der Waals surface area contributed by atoms with Crippen LogP contribution in [0.5, 0.6) is 0 Å². The van der Waals surface area contributed by atoms with Crippen LogP contribution in [0.3, 0.4) is 0 Å². The van der Waals surface area contributed by atoms with Crippen LogP contribution in [0.2, 0.25) is 5.02 Å². The van der Waals surface area contributed by atoms with Crippen molar-refractivity contribution >= 4 is 34.2 Å². The molecule has 1 atom stereocenters. The first-order valence-electron chi connectivity index (χ1n) is 8.51. The quantitative estimate of drug-likeness (QED) is 0.608. The lowest BCUT2D eigenvalue weighted by Gasteiger charge is -2.23. The molecule has 3 aromatic rings. The SMILES string of the molecule is Cc1ccc2[nH]c3c(c2c1)CCC(NC(=O)Nc1ccc(Cl)cc1)C3. The highest BCUT2D eigenvalue weighted by atomic mass is 35.5. The minimum atomic E-state index is -0.178. The summed E-state index contributed by atoms with van der Waals surface area (Å²) in [5.74, 6) is 0. The maximum atomic E-state index is 12.2. The lowest BCUT2D eigenvalue weighted by molar-refractivity contribution is 0.247. The molecule has 0 saturated heterocycles. The van der Waals surface area contributed by atoms with E-state index in [0.29, 0.717) is 5.02 Å². The summed E-state index contributed by atoms with van der Waals surface area (Å²) in [5, 5.41) is 7.90. The van der Waals surface area contributed by atoms with E-state index in [1.54, 1.807) is 24.3 Å². The molecule has 1 heterocycles. The lowest BCUT2D eigenvalue weighted by Crippen LogP contribution is -2.41. The Morgan fingerprint density at radius 3 is 2.80 bits per heavy atom. The number of benzene rings is 2. The summed E-state index contributed by atoms with van der Waals surface area (Å²) < 4.78 is 0. The number of aromatic amines is 1. The summed E-state index contributed by atoms with van der Waals surface area (Å²) >= 11 is 5.86. The highest BCUT2D eigenvalue weighted by Gasteiger charge is 2.23. The number of hydrogen-bond donors (Lipinski definition) is 3. The Labute approximate surface area is 151 Å². The number of aryl methyl sites for hydroxylation is 2. The first-order valence-corrected chi connectivity index (χ1v) is 8.89. The number of carbonyl (C=O) groups is 1. The maximum absolute atomic E-state index is 12.2. The molecule has 0 bridgehead atoms. The molecule has 4 nitrogen and oxygen atoms in total. The number of halogens is 1. The summed E-state index contributed by atoms with van der Waals surface area (Å²) in [4.78, 5) is 15.7. The van der Waals surface area contributed by atoms with Crippen molar-refractivity contribution in [3.05, 3.63) is 64.3 Å². The van der Waals surface area contributed by atoms with Crippen LogP contribution < -0.4 is 10.6 Å². The third-order valence-corrected chi connectivity index (χ3v) is 5.03. The van der Waals surface area contributed by atoms with Gasteiger partial charge in [0.25, 0.3) is 0 Å². The van der Waals surface area contributed by atoms with Crippen LogP contribution in [0.25, 0.3) is 10.9 Å². The maximum Gasteiger partial charge on any atom is 0.319 e. The average molecular weight is 354 g/mol. The molecule has 0 saturated carbocycles. The van der Waals surface area contributed by atoms with Gasteiger partial charge in [-0.25, -0.2) is 4.79 Å². The Hall–Kier alpha value is -2.46. The fourth-order valence-electron chi connectivity index (χ4n) is 3.55. The first kappa shape index (κ1) is 16.0. The van der Waals surface area contributed by atoms with E-state index >= 15 is 0 Å². The van der Waals surface area contributed by atoms with Crippen molar-refractivity contribution in [1.82, 2.24) is 10.3 Å². The summed E-state index contributed by atoms with van der Waals surface area (Å²) in [6.45, 7) is 2.12. The zero-order valence-electron chi connectivity index (χ0n) is 14.0. The molecule has 128 valence electrons. The number of aromatic nitrogens is 1. The number of amides is 2. The van der Waals surface area contributed by atoms with Crippen LogP contribution in [0.15, 0.2) is 42.5 Å². The molecule has 2 aromatic carbocycles. The van der Waals surface area contributed by atoms with Crippen LogP contribution in [0.4, 0.5) is 10.5 Å². The van der Waals surface area contributed by atoms with E-state index in [2.05, 4.69) is 40.7 Å². The van der Waals surface area contributed by atoms with Gasteiger partial charge in [0, 0.05) is 39.8 Å². The van der Waals surface area contributed by atoms with Crippen molar-refractivity contribution < 1.29 is 4.79 Å². The molecule has 4 rings (SSSR count). The molecule has 0 spiro atoms. The molecule has 1 aromatic heterocycles. The number of fused-ring (bicyclic) bond motifs is 3. The van der Waals surface area contributed by atoms with Crippen molar-refractivity contribution in [2.24, 2.45) is 0 Å². The molecule has 3 N–H and O–H groups in total. The van der Waals surface area contributed by atoms with Gasteiger partial charge in [-0.15, -0.1) is 0 Å². The second-order valence-electron chi connectivity index (χ2n) is 6.68. The van der Waals surface area contributed by atoms with Crippen molar-refractivity contribution in [3.8, 4) is 0 Å². The highest BCUT2D eigenvalue weighted by molar-refractivity contribution is 6.30. The summed E-state index contributed by atoms with van der Waals surface area (Å²) in [5.41, 5.74) is 5.83. The molecule has 1 aliphatic rings. The molecule has 2 amide bonds. The molecule has 1 unspecified atom stereocenters. The second-order valence-corrected chi connectivity index (χ2v) is 7.11. The summed E-state index contributed by atoms with van der Waals surface area (Å²) in [7, 11) is 0. The fraction of sp³-hybridized carbons (Fsp3) is 0.250. The number of anilines is 1. The second kappa shape index (κ2) is 6.45. The van der Waals surface area contributed by atoms with Crippen LogP contribution in [0.1, 0.15) is 23.2 Å². The standard InChI is InChI=1S/C20H20ClN3O/c1-12-2-9-18-17(10-12)16-8-7-15(11-19(16)24-18)23-20(25)22-14-5-3-13(21)4-6-14/h2-6,9-10,15,24H,7-8,11H2,1H3,(H2,22,23,25). The van der Waals surface area contributed by atoms with Crippen molar-refractivity contribution in [2.45, 2.75) is 32.2 Å². The zero-order chi connectivity index (χ0) is 17.4. The number of urea groups is 1. The van der Waals surface area contributed by atoms with Gasteiger partial charge in [-0.2, -0.15) is 0 Å². The molecule has 0 aliphatic heterocycles. The van der Waals surface area contributed by atoms with Gasteiger partial charge in [0.2, 0.25) is 0 Å². The fourth-order valence-corrected chi connectivity index (χ4v) is 3.68. The van der Waals surface area contributed by atoms with Gasteiger partial charge >= 0.3 is 6.03 Å². The van der Waals surface area contributed by atoms with Gasteiger partial charge in [0.05, 0.1) is 0 Å². The number of carbonyl (C=O) groups excluding carboxylic acids is 1. The van der Waals surface area contributed by atoms with Crippen LogP contribution >= 0.6 is 11.6 Å². The smallest absolute Gasteiger partial charge is 0.319 e. The van der Waals surface area contributed by atoms with E-state index in [1.165, 1.54) is 27.7 Å². The van der Waals surface area contributed by atoms with E-state index in [4.69, 9.17) is 11.6 Å². The Bertz CT molecular complexity index is 930. The van der Waals surface area contributed by atoms with Crippen LogP contribution in [0, 0.1) is 6.92 Å². The number of hydrogen-bond acceptors (Lipinski definition) is 1. The van der Waals surface area contributed by atoms with Gasteiger partial charge in [0.1, 0.15) is 0 Å². The van der Waals surface area contributed by atoms with Crippen LogP contribution in [-0.2, 0) is 12.8 Å². The number of nitrogens with one attached hydrogen (secondary N) is 3. The number of rotatable bonds is 2. The summed E-state index contributed by atoms with van der Waals surface area (Å²) in [6.07, 6.45) is 2.75. The van der Waals surface area contributed by atoms with E-state index in [-0.39, 0.29) is 12.1 Å². The van der Waals surface area contributed by atoms with Crippen molar-refractivity contribution in [1.29, 1.82) is 0 Å². The molecule has 25 heavy (non-hydrogen) atoms. The largest absolute Gasteiger partial charge is 0.358 e. The monoisotopic (exact) mass is 353 g/mol. The topological polar surface area (TPSA) is 56.9 Å². The normalized spacial score (nSPS) is 16.5. The summed E-state index contributed by atoms with van der Waals surface area (Å²) in [6, 6.07) is 13.6. The zero-order valence-corrected chi connectivity index (χ0v) is 14.8. The molecule has 0 radical (unpaired) electrons. The van der Waals surface area contributed by atoms with E-state index in [9.17, 15) is 4.79 Å². The predicted octanol–water partition coefficient (Wildman–Crippen LogP) is 4.81. The first-order chi connectivity index (χ1) is 12.1. The van der Waals surface area contributed by atoms with E-state index < -0.39 is 0 Å². The van der Waals surface area contributed by atoms with E-state index in [0.717, 1.165) is 24.9 Å². The van der Waals surface area contributed by atoms with Gasteiger partial charge < -0.3 is 15.6 Å². The molecular weight excluding hydrogens is 334 g/mol. The Balaban J connectivity index is 1.44. The third kappa shape index (κ3) is 3.35. The Kier molecular flexibility index (Phi) is 4.14. The Morgan fingerprint density at radius 1 is 1.20 bits per heavy atom. The molecular formula is C20H20ClN3O. The van der Waals surface area contributed by atoms with E-state index in [1.807, 2.05) is 0 Å². The predicted molar refractivity (Wildman–Crippen MR) is 102 cm³/mol. The molecule has 1 aliphatic carbocycles. The number of H-pyrrole nitrogens is 1. The minimum Gasteiger partial charge on any atom is -0.358 e. The lowest BCUT2D eigenvalue weighted by atomic mass is 9.91. The van der Waals surface area contributed by atoms with Crippen LogP contribution in [-0.4, -0.2) is 17.1 Å². The van der Waals surface area contributed by atoms with Gasteiger partial charge in [-0.3, -0.25) is 0 Å². The van der Waals surface area contributed by atoms with Crippen molar-refractivity contribution in [2.75, 3.05) is 5.32 Å².